The molecule has 1 saturated carbocycles. The van der Waals surface area contributed by atoms with E-state index < -0.39 is 0 Å². The molecule has 0 unspecified atom stereocenters. The molecular formula is C18H24N4O. The SMILES string of the molecule is COc1cccc(-c2ncc(NCCN)c(C3CCCC3)n2)c1. The smallest absolute Gasteiger partial charge is 0.159 e. The van der Waals surface area contributed by atoms with Gasteiger partial charge in [-0.2, -0.15) is 0 Å². The van der Waals surface area contributed by atoms with Crippen molar-refractivity contribution in [3.05, 3.63) is 36.2 Å². The van der Waals surface area contributed by atoms with E-state index in [9.17, 15) is 0 Å². The summed E-state index contributed by atoms with van der Waals surface area (Å²) < 4.78 is 5.30. The minimum Gasteiger partial charge on any atom is -0.497 e. The van der Waals surface area contributed by atoms with Crippen molar-refractivity contribution in [2.45, 2.75) is 31.6 Å². The van der Waals surface area contributed by atoms with Gasteiger partial charge in [0.05, 0.1) is 24.7 Å². The molecule has 5 heteroatoms. The lowest BCUT2D eigenvalue weighted by atomic mass is 10.0. The second-order valence-corrected chi connectivity index (χ2v) is 5.92. The van der Waals surface area contributed by atoms with E-state index in [2.05, 4.69) is 10.3 Å². The summed E-state index contributed by atoms with van der Waals surface area (Å²) in [6.07, 6.45) is 6.85. The molecule has 1 aromatic heterocycles. The Labute approximate surface area is 137 Å². The molecule has 3 N–H and O–H groups in total. The van der Waals surface area contributed by atoms with E-state index in [4.69, 9.17) is 15.5 Å². The number of nitrogens with zero attached hydrogens (tertiary/aromatic N) is 2. The van der Waals surface area contributed by atoms with Gasteiger partial charge in [0.25, 0.3) is 0 Å². The fourth-order valence-corrected chi connectivity index (χ4v) is 3.15. The Hall–Kier alpha value is -2.14. The Morgan fingerprint density at radius 2 is 2.13 bits per heavy atom. The normalized spacial score (nSPS) is 14.9. The molecule has 5 nitrogen and oxygen atoms in total. The Morgan fingerprint density at radius 1 is 1.30 bits per heavy atom. The third-order valence-corrected chi connectivity index (χ3v) is 4.35. The second-order valence-electron chi connectivity index (χ2n) is 5.92. The monoisotopic (exact) mass is 312 g/mol. The molecule has 1 aliphatic carbocycles. The van der Waals surface area contributed by atoms with E-state index in [1.165, 1.54) is 25.7 Å². The van der Waals surface area contributed by atoms with Gasteiger partial charge in [-0.05, 0) is 25.0 Å². The van der Waals surface area contributed by atoms with Crippen molar-refractivity contribution in [2.75, 3.05) is 25.5 Å². The quantitative estimate of drug-likeness (QED) is 0.857. The highest BCUT2D eigenvalue weighted by atomic mass is 16.5. The van der Waals surface area contributed by atoms with E-state index in [1.807, 2.05) is 30.5 Å². The molecule has 0 saturated heterocycles. The Bertz CT molecular complexity index is 653. The number of rotatable bonds is 6. The highest BCUT2D eigenvalue weighted by molar-refractivity contribution is 5.60. The molecule has 0 amide bonds. The van der Waals surface area contributed by atoms with Gasteiger partial charge < -0.3 is 15.8 Å². The van der Waals surface area contributed by atoms with Crippen LogP contribution in [-0.4, -0.2) is 30.2 Å². The number of nitrogens with two attached hydrogens (primary N) is 1. The van der Waals surface area contributed by atoms with E-state index in [0.717, 1.165) is 35.1 Å². The van der Waals surface area contributed by atoms with Crippen LogP contribution in [0.3, 0.4) is 0 Å². The summed E-state index contributed by atoms with van der Waals surface area (Å²) in [5.41, 5.74) is 8.75. The molecule has 0 bridgehead atoms. The number of methoxy groups -OCH3 is 1. The fourth-order valence-electron chi connectivity index (χ4n) is 3.15. The molecule has 1 aromatic carbocycles. The minimum absolute atomic E-state index is 0.516. The van der Waals surface area contributed by atoms with Crippen LogP contribution in [0.4, 0.5) is 5.69 Å². The summed E-state index contributed by atoms with van der Waals surface area (Å²) in [4.78, 5) is 9.42. The molecule has 1 aliphatic rings. The van der Waals surface area contributed by atoms with Crippen molar-refractivity contribution >= 4 is 5.69 Å². The molecule has 1 heterocycles. The molecule has 2 aromatic rings. The first-order valence-corrected chi connectivity index (χ1v) is 8.27. The van der Waals surface area contributed by atoms with Gasteiger partial charge in [-0.3, -0.25) is 0 Å². The molecule has 3 rings (SSSR count). The topological polar surface area (TPSA) is 73.1 Å². The molecule has 0 atom stereocenters. The number of aromatic nitrogens is 2. The first kappa shape index (κ1) is 15.7. The largest absolute Gasteiger partial charge is 0.497 e. The molecule has 0 spiro atoms. The molecule has 1 fully saturated rings. The third-order valence-electron chi connectivity index (χ3n) is 4.35. The van der Waals surface area contributed by atoms with Crippen LogP contribution in [0.2, 0.25) is 0 Å². The number of anilines is 1. The lowest BCUT2D eigenvalue weighted by molar-refractivity contribution is 0.415. The van der Waals surface area contributed by atoms with Gasteiger partial charge >= 0.3 is 0 Å². The predicted octanol–water partition coefficient (Wildman–Crippen LogP) is 3.18. The van der Waals surface area contributed by atoms with Crippen molar-refractivity contribution in [1.82, 2.24) is 9.97 Å². The number of nitrogens with one attached hydrogen (secondary N) is 1. The van der Waals surface area contributed by atoms with Crippen LogP contribution in [0.5, 0.6) is 5.75 Å². The van der Waals surface area contributed by atoms with Crippen LogP contribution in [0.25, 0.3) is 11.4 Å². The summed E-state index contributed by atoms with van der Waals surface area (Å²) in [6, 6.07) is 7.88. The summed E-state index contributed by atoms with van der Waals surface area (Å²) >= 11 is 0. The van der Waals surface area contributed by atoms with E-state index in [-0.39, 0.29) is 0 Å². The van der Waals surface area contributed by atoms with Crippen molar-refractivity contribution < 1.29 is 4.74 Å². The average Bonchev–Trinajstić information content (AvgIpc) is 3.14. The molecule has 23 heavy (non-hydrogen) atoms. The van der Waals surface area contributed by atoms with Crippen molar-refractivity contribution in [2.24, 2.45) is 5.73 Å². The van der Waals surface area contributed by atoms with Crippen molar-refractivity contribution in [3.63, 3.8) is 0 Å². The average molecular weight is 312 g/mol. The van der Waals surface area contributed by atoms with Crippen molar-refractivity contribution in [3.8, 4) is 17.1 Å². The highest BCUT2D eigenvalue weighted by Crippen LogP contribution is 2.37. The highest BCUT2D eigenvalue weighted by Gasteiger charge is 2.22. The minimum atomic E-state index is 0.516. The summed E-state index contributed by atoms with van der Waals surface area (Å²) in [6.45, 7) is 1.34. The summed E-state index contributed by atoms with van der Waals surface area (Å²) in [7, 11) is 1.67. The van der Waals surface area contributed by atoms with Crippen LogP contribution in [0.15, 0.2) is 30.5 Å². The first-order chi connectivity index (χ1) is 11.3. The first-order valence-electron chi connectivity index (χ1n) is 8.27. The van der Waals surface area contributed by atoms with Gasteiger partial charge in [0.15, 0.2) is 5.82 Å². The molecular weight excluding hydrogens is 288 g/mol. The maximum Gasteiger partial charge on any atom is 0.159 e. The van der Waals surface area contributed by atoms with E-state index in [0.29, 0.717) is 12.5 Å². The van der Waals surface area contributed by atoms with Gasteiger partial charge in [-0.25, -0.2) is 9.97 Å². The molecule has 122 valence electrons. The van der Waals surface area contributed by atoms with Crippen LogP contribution < -0.4 is 15.8 Å². The zero-order chi connectivity index (χ0) is 16.1. The lowest BCUT2D eigenvalue weighted by Gasteiger charge is -2.16. The number of benzene rings is 1. The van der Waals surface area contributed by atoms with Crippen molar-refractivity contribution in [1.29, 1.82) is 0 Å². The zero-order valence-corrected chi connectivity index (χ0v) is 13.6. The summed E-state index contributed by atoms with van der Waals surface area (Å²) in [5.74, 6) is 2.09. The van der Waals surface area contributed by atoms with E-state index in [1.54, 1.807) is 7.11 Å². The van der Waals surface area contributed by atoms with E-state index >= 15 is 0 Å². The maximum atomic E-state index is 5.62. The Balaban J connectivity index is 1.96. The van der Waals surface area contributed by atoms with Crippen LogP contribution in [-0.2, 0) is 0 Å². The van der Waals surface area contributed by atoms with Gasteiger partial charge in [0.1, 0.15) is 5.75 Å². The Kier molecular flexibility index (Phi) is 5.08. The zero-order valence-electron chi connectivity index (χ0n) is 13.6. The van der Waals surface area contributed by atoms with Gasteiger partial charge in [0.2, 0.25) is 0 Å². The van der Waals surface area contributed by atoms with Crippen LogP contribution in [0, 0.1) is 0 Å². The standard InChI is InChI=1S/C18H24N4O/c1-23-15-8-4-7-14(11-15)18-21-12-16(20-10-9-19)17(22-18)13-5-2-3-6-13/h4,7-8,11-13,20H,2-3,5-6,9-10,19H2,1H3. The third kappa shape index (κ3) is 3.62. The molecule has 0 radical (unpaired) electrons. The van der Waals surface area contributed by atoms with Crippen LogP contribution in [0.1, 0.15) is 37.3 Å². The second kappa shape index (κ2) is 7.42. The summed E-state index contributed by atoms with van der Waals surface area (Å²) in [5, 5.41) is 3.37. The van der Waals surface area contributed by atoms with Gasteiger partial charge in [-0.15, -0.1) is 0 Å². The number of ether oxygens (including phenoxy) is 1. The van der Waals surface area contributed by atoms with Gasteiger partial charge in [0, 0.05) is 24.6 Å². The molecule has 0 aliphatic heterocycles. The fraction of sp³-hybridized carbons (Fsp3) is 0.444. The number of hydrogen-bond acceptors (Lipinski definition) is 5. The van der Waals surface area contributed by atoms with Gasteiger partial charge in [-0.1, -0.05) is 25.0 Å². The number of hydrogen-bond donors (Lipinski definition) is 2. The Morgan fingerprint density at radius 3 is 2.87 bits per heavy atom. The predicted molar refractivity (Wildman–Crippen MR) is 92.8 cm³/mol. The maximum absolute atomic E-state index is 5.62. The van der Waals surface area contributed by atoms with Crippen LogP contribution >= 0.6 is 0 Å². The lowest BCUT2D eigenvalue weighted by Crippen LogP contribution is -2.16.